The van der Waals surface area contributed by atoms with Crippen molar-refractivity contribution in [3.05, 3.63) is 59.2 Å². The van der Waals surface area contributed by atoms with Crippen LogP contribution in [0.1, 0.15) is 20.7 Å². The number of methoxy groups -OCH3 is 1. The molecule has 0 saturated carbocycles. The summed E-state index contributed by atoms with van der Waals surface area (Å²) >= 11 is 0. The molecule has 3 rings (SSSR count). The van der Waals surface area contributed by atoms with Crippen molar-refractivity contribution in [2.75, 3.05) is 39.0 Å². The molecule has 6 nitrogen and oxygen atoms in total. The van der Waals surface area contributed by atoms with E-state index in [0.717, 1.165) is 12.1 Å². The van der Waals surface area contributed by atoms with E-state index in [2.05, 4.69) is 0 Å². The minimum absolute atomic E-state index is 0.176. The number of carbonyl (C=O) groups is 2. The predicted molar refractivity (Wildman–Crippen MR) is 95.6 cm³/mol. The number of hydrogen-bond donors (Lipinski definition) is 1. The van der Waals surface area contributed by atoms with E-state index in [4.69, 9.17) is 10.5 Å². The second-order valence-corrected chi connectivity index (χ2v) is 6.14. The third-order valence-corrected chi connectivity index (χ3v) is 4.49. The molecule has 0 radical (unpaired) electrons. The lowest BCUT2D eigenvalue weighted by Gasteiger charge is -2.35. The third-order valence-electron chi connectivity index (χ3n) is 4.49. The Bertz CT molecular complexity index is 860. The molecule has 142 valence electrons. The van der Waals surface area contributed by atoms with Crippen LogP contribution in [0.3, 0.4) is 0 Å². The van der Waals surface area contributed by atoms with Gasteiger partial charge in [-0.25, -0.2) is 8.78 Å². The van der Waals surface area contributed by atoms with Crippen molar-refractivity contribution in [1.82, 2.24) is 9.80 Å². The zero-order chi connectivity index (χ0) is 19.6. The lowest BCUT2D eigenvalue weighted by atomic mass is 10.1. The van der Waals surface area contributed by atoms with Crippen LogP contribution in [-0.2, 0) is 0 Å². The lowest BCUT2D eigenvalue weighted by molar-refractivity contribution is 0.0528. The molecule has 27 heavy (non-hydrogen) atoms. The molecule has 1 heterocycles. The SMILES string of the molecule is COc1cc(N)ccc1C(=O)N1CCN(C(=O)c2c(F)cccc2F)CC1. The summed E-state index contributed by atoms with van der Waals surface area (Å²) in [5.74, 6) is -2.40. The molecular formula is C19H19F2N3O3. The Labute approximate surface area is 155 Å². The largest absolute Gasteiger partial charge is 0.496 e. The number of nitrogens with zero attached hydrogens (tertiary/aromatic N) is 2. The quantitative estimate of drug-likeness (QED) is 0.834. The van der Waals surface area contributed by atoms with Crippen LogP contribution in [0.15, 0.2) is 36.4 Å². The highest BCUT2D eigenvalue weighted by molar-refractivity contribution is 5.98. The second-order valence-electron chi connectivity index (χ2n) is 6.14. The number of hydrogen-bond acceptors (Lipinski definition) is 4. The maximum atomic E-state index is 13.8. The first-order chi connectivity index (χ1) is 12.9. The molecule has 8 heteroatoms. The topological polar surface area (TPSA) is 75.9 Å². The van der Waals surface area contributed by atoms with Gasteiger partial charge in [0.2, 0.25) is 0 Å². The maximum absolute atomic E-state index is 13.8. The molecule has 1 aliphatic rings. The van der Waals surface area contributed by atoms with E-state index in [9.17, 15) is 18.4 Å². The summed E-state index contributed by atoms with van der Waals surface area (Å²) in [4.78, 5) is 28.1. The Kier molecular flexibility index (Phi) is 5.25. The number of ether oxygens (including phenoxy) is 1. The molecule has 1 aliphatic heterocycles. The van der Waals surface area contributed by atoms with Crippen molar-refractivity contribution >= 4 is 17.5 Å². The number of nitrogen functional groups attached to an aromatic ring is 1. The fourth-order valence-corrected chi connectivity index (χ4v) is 3.03. The van der Waals surface area contributed by atoms with E-state index in [1.54, 1.807) is 23.1 Å². The van der Waals surface area contributed by atoms with Gasteiger partial charge in [0, 0.05) is 37.9 Å². The van der Waals surface area contributed by atoms with Crippen molar-refractivity contribution in [2.24, 2.45) is 0 Å². The Hall–Kier alpha value is -3.16. The smallest absolute Gasteiger partial charge is 0.259 e. The first-order valence-corrected chi connectivity index (χ1v) is 8.38. The van der Waals surface area contributed by atoms with Crippen molar-refractivity contribution in [3.8, 4) is 5.75 Å². The summed E-state index contributed by atoms with van der Waals surface area (Å²) in [5.41, 5.74) is 5.98. The van der Waals surface area contributed by atoms with Crippen LogP contribution in [0.4, 0.5) is 14.5 Å². The Morgan fingerprint density at radius 2 is 1.52 bits per heavy atom. The molecule has 0 aromatic heterocycles. The number of amides is 2. The van der Waals surface area contributed by atoms with Crippen molar-refractivity contribution < 1.29 is 23.1 Å². The maximum Gasteiger partial charge on any atom is 0.259 e. The number of halogens is 2. The fourth-order valence-electron chi connectivity index (χ4n) is 3.03. The van der Waals surface area contributed by atoms with Crippen LogP contribution in [0, 0.1) is 11.6 Å². The van der Waals surface area contributed by atoms with E-state index in [0.29, 0.717) is 17.0 Å². The fraction of sp³-hybridized carbons (Fsp3) is 0.263. The van der Waals surface area contributed by atoms with Crippen molar-refractivity contribution in [3.63, 3.8) is 0 Å². The summed E-state index contributed by atoms with van der Waals surface area (Å²) in [6, 6.07) is 8.05. The van der Waals surface area contributed by atoms with E-state index in [1.165, 1.54) is 18.1 Å². The van der Waals surface area contributed by atoms with Gasteiger partial charge in [0.05, 0.1) is 12.7 Å². The van der Waals surface area contributed by atoms with Crippen LogP contribution < -0.4 is 10.5 Å². The van der Waals surface area contributed by atoms with Gasteiger partial charge in [0.25, 0.3) is 11.8 Å². The Morgan fingerprint density at radius 1 is 0.963 bits per heavy atom. The summed E-state index contributed by atoms with van der Waals surface area (Å²) in [5, 5.41) is 0. The number of rotatable bonds is 3. The highest BCUT2D eigenvalue weighted by Gasteiger charge is 2.29. The van der Waals surface area contributed by atoms with Gasteiger partial charge in [-0.15, -0.1) is 0 Å². The Balaban J connectivity index is 1.70. The van der Waals surface area contributed by atoms with Gasteiger partial charge in [0.15, 0.2) is 0 Å². The molecule has 0 unspecified atom stereocenters. The van der Waals surface area contributed by atoms with Crippen molar-refractivity contribution in [1.29, 1.82) is 0 Å². The highest BCUT2D eigenvalue weighted by Crippen LogP contribution is 2.24. The van der Waals surface area contributed by atoms with Gasteiger partial charge in [-0.2, -0.15) is 0 Å². The number of nitrogens with two attached hydrogens (primary N) is 1. The van der Waals surface area contributed by atoms with Crippen LogP contribution >= 0.6 is 0 Å². The van der Waals surface area contributed by atoms with Gasteiger partial charge < -0.3 is 20.3 Å². The summed E-state index contributed by atoms with van der Waals surface area (Å²) in [6.45, 7) is 0.841. The van der Waals surface area contributed by atoms with E-state index >= 15 is 0 Å². The average Bonchev–Trinajstić information content (AvgIpc) is 2.67. The van der Waals surface area contributed by atoms with Gasteiger partial charge >= 0.3 is 0 Å². The van der Waals surface area contributed by atoms with Crippen LogP contribution in [0.25, 0.3) is 0 Å². The van der Waals surface area contributed by atoms with Crippen LogP contribution in [0.5, 0.6) is 5.75 Å². The Morgan fingerprint density at radius 3 is 2.07 bits per heavy atom. The van der Waals surface area contributed by atoms with E-state index in [-0.39, 0.29) is 32.1 Å². The number of carbonyl (C=O) groups excluding carboxylic acids is 2. The zero-order valence-corrected chi connectivity index (χ0v) is 14.7. The minimum atomic E-state index is -0.898. The average molecular weight is 375 g/mol. The molecular weight excluding hydrogens is 356 g/mol. The molecule has 0 aliphatic carbocycles. The molecule has 2 amide bonds. The third kappa shape index (κ3) is 3.69. The minimum Gasteiger partial charge on any atom is -0.496 e. The first kappa shape index (κ1) is 18.6. The highest BCUT2D eigenvalue weighted by atomic mass is 19.1. The van der Waals surface area contributed by atoms with Gasteiger partial charge in [-0.1, -0.05) is 6.07 Å². The standard InChI is InChI=1S/C19H19F2N3O3/c1-27-16-11-12(22)5-6-13(16)18(25)23-7-9-24(10-8-23)19(26)17-14(20)3-2-4-15(17)21/h2-6,11H,7-10,22H2,1H3. The second kappa shape index (κ2) is 7.61. The molecule has 2 aromatic carbocycles. The molecule has 2 aromatic rings. The molecule has 0 spiro atoms. The van der Waals surface area contributed by atoms with Crippen LogP contribution in [0.2, 0.25) is 0 Å². The molecule has 0 atom stereocenters. The van der Waals surface area contributed by atoms with Gasteiger partial charge in [-0.05, 0) is 24.3 Å². The van der Waals surface area contributed by atoms with Gasteiger partial charge in [0.1, 0.15) is 22.9 Å². The van der Waals surface area contributed by atoms with Crippen molar-refractivity contribution in [2.45, 2.75) is 0 Å². The summed E-state index contributed by atoms with van der Waals surface area (Å²) < 4.78 is 32.9. The van der Waals surface area contributed by atoms with E-state index < -0.39 is 23.1 Å². The summed E-state index contributed by atoms with van der Waals surface area (Å²) in [6.07, 6.45) is 0. The molecule has 2 N–H and O–H groups in total. The van der Waals surface area contributed by atoms with E-state index in [1.807, 2.05) is 0 Å². The normalized spacial score (nSPS) is 14.2. The molecule has 1 fully saturated rings. The first-order valence-electron chi connectivity index (χ1n) is 8.38. The summed E-state index contributed by atoms with van der Waals surface area (Å²) in [7, 11) is 1.45. The number of piperazine rings is 1. The van der Waals surface area contributed by atoms with Crippen LogP contribution in [-0.4, -0.2) is 54.9 Å². The number of anilines is 1. The lowest BCUT2D eigenvalue weighted by Crippen LogP contribution is -2.51. The molecule has 0 bridgehead atoms. The number of benzene rings is 2. The van der Waals surface area contributed by atoms with Gasteiger partial charge in [-0.3, -0.25) is 9.59 Å². The molecule has 1 saturated heterocycles. The monoisotopic (exact) mass is 375 g/mol. The predicted octanol–water partition coefficient (Wildman–Crippen LogP) is 2.15. The zero-order valence-electron chi connectivity index (χ0n) is 14.7.